The van der Waals surface area contributed by atoms with Crippen LogP contribution in [-0.2, 0) is 0 Å². The van der Waals surface area contributed by atoms with E-state index in [9.17, 15) is 0 Å². The minimum absolute atomic E-state index is 0.0789. The van der Waals surface area contributed by atoms with Gasteiger partial charge in [0.15, 0.2) is 0 Å². The van der Waals surface area contributed by atoms with Gasteiger partial charge in [-0.1, -0.05) is 6.07 Å². The van der Waals surface area contributed by atoms with Crippen molar-refractivity contribution in [3.05, 3.63) is 18.2 Å². The molecule has 0 aliphatic carbocycles. The lowest BCUT2D eigenvalue weighted by Gasteiger charge is -2.35. The summed E-state index contributed by atoms with van der Waals surface area (Å²) in [5, 5.41) is 0. The summed E-state index contributed by atoms with van der Waals surface area (Å²) < 4.78 is 0. The number of hydrogen-bond acceptors (Lipinski definition) is 3. The van der Waals surface area contributed by atoms with Crippen molar-refractivity contribution in [3.63, 3.8) is 0 Å². The number of nitrogens with zero attached hydrogens (tertiary/aromatic N) is 2. The zero-order valence-corrected chi connectivity index (χ0v) is 9.41. The van der Waals surface area contributed by atoms with Gasteiger partial charge in [-0.3, -0.25) is 0 Å². The number of pyridine rings is 1. The molecule has 1 aromatic rings. The van der Waals surface area contributed by atoms with Gasteiger partial charge in [-0.05, 0) is 39.8 Å². The number of aromatic nitrogens is 1. The molecule has 0 bridgehead atoms. The fraction of sp³-hybridized carbons (Fsp3) is 0.545. The molecule has 1 rings (SSSR count). The molecule has 0 radical (unpaired) electrons. The molecule has 0 atom stereocenters. The summed E-state index contributed by atoms with van der Waals surface area (Å²) in [4.78, 5) is 6.54. The normalized spacial score (nSPS) is 11.4. The minimum atomic E-state index is 0.0789. The average Bonchev–Trinajstić information content (AvgIpc) is 2.02. The first-order valence-electron chi connectivity index (χ1n) is 4.95. The number of nitrogen functional groups attached to an aromatic ring is 1. The highest BCUT2D eigenvalue weighted by atomic mass is 15.2. The second-order valence-electron chi connectivity index (χ2n) is 4.34. The molecule has 2 N–H and O–H groups in total. The summed E-state index contributed by atoms with van der Waals surface area (Å²) in [5.41, 5.74) is 5.74. The summed E-state index contributed by atoms with van der Waals surface area (Å²) in [6, 6.07) is 5.73. The first-order valence-corrected chi connectivity index (χ1v) is 4.95. The highest BCUT2D eigenvalue weighted by molar-refractivity contribution is 5.46. The summed E-state index contributed by atoms with van der Waals surface area (Å²) in [5.74, 6) is 1.52. The summed E-state index contributed by atoms with van der Waals surface area (Å²) >= 11 is 0. The van der Waals surface area contributed by atoms with E-state index in [-0.39, 0.29) is 5.54 Å². The van der Waals surface area contributed by atoms with Crippen LogP contribution in [0.3, 0.4) is 0 Å². The number of nitrogens with two attached hydrogens (primary N) is 1. The lowest BCUT2D eigenvalue weighted by Crippen LogP contribution is -2.41. The highest BCUT2D eigenvalue weighted by Crippen LogP contribution is 2.21. The smallest absolute Gasteiger partial charge is 0.131 e. The third kappa shape index (κ3) is 2.37. The van der Waals surface area contributed by atoms with E-state index in [4.69, 9.17) is 5.73 Å². The Morgan fingerprint density at radius 2 is 2.00 bits per heavy atom. The third-order valence-corrected chi connectivity index (χ3v) is 2.16. The van der Waals surface area contributed by atoms with Crippen LogP contribution in [0.15, 0.2) is 18.2 Å². The molecule has 14 heavy (non-hydrogen) atoms. The molecule has 0 aliphatic heterocycles. The van der Waals surface area contributed by atoms with Crippen molar-refractivity contribution in [3.8, 4) is 0 Å². The van der Waals surface area contributed by atoms with Gasteiger partial charge >= 0.3 is 0 Å². The Morgan fingerprint density at radius 1 is 1.36 bits per heavy atom. The molecule has 0 saturated carbocycles. The zero-order valence-electron chi connectivity index (χ0n) is 9.41. The van der Waals surface area contributed by atoms with Gasteiger partial charge in [-0.2, -0.15) is 0 Å². The molecule has 0 saturated heterocycles. The molecule has 0 spiro atoms. The van der Waals surface area contributed by atoms with E-state index in [0.717, 1.165) is 12.4 Å². The largest absolute Gasteiger partial charge is 0.384 e. The molecule has 78 valence electrons. The van der Waals surface area contributed by atoms with Crippen LogP contribution >= 0.6 is 0 Å². The van der Waals surface area contributed by atoms with Gasteiger partial charge in [0.25, 0.3) is 0 Å². The number of hydrogen-bond donors (Lipinski definition) is 1. The van der Waals surface area contributed by atoms with Crippen molar-refractivity contribution < 1.29 is 0 Å². The van der Waals surface area contributed by atoms with Crippen LogP contribution in [0.25, 0.3) is 0 Å². The summed E-state index contributed by atoms with van der Waals surface area (Å²) in [6.07, 6.45) is 0. The molecule has 1 aromatic heterocycles. The fourth-order valence-electron chi connectivity index (χ4n) is 1.57. The van der Waals surface area contributed by atoms with E-state index >= 15 is 0 Å². The Hall–Kier alpha value is -1.25. The van der Waals surface area contributed by atoms with Crippen molar-refractivity contribution in [2.24, 2.45) is 0 Å². The Morgan fingerprint density at radius 3 is 2.43 bits per heavy atom. The van der Waals surface area contributed by atoms with Crippen molar-refractivity contribution >= 4 is 11.6 Å². The predicted octanol–water partition coefficient (Wildman–Crippen LogP) is 2.29. The maximum atomic E-state index is 5.66. The molecular weight excluding hydrogens is 174 g/mol. The van der Waals surface area contributed by atoms with E-state index in [1.54, 1.807) is 6.07 Å². The molecule has 0 unspecified atom stereocenters. The molecule has 3 heteroatoms. The van der Waals surface area contributed by atoms with E-state index in [2.05, 4.69) is 37.6 Å². The maximum Gasteiger partial charge on any atom is 0.131 e. The van der Waals surface area contributed by atoms with Crippen molar-refractivity contribution in [1.82, 2.24) is 4.98 Å². The predicted molar refractivity (Wildman–Crippen MR) is 61.4 cm³/mol. The monoisotopic (exact) mass is 193 g/mol. The number of rotatable bonds is 2. The molecule has 0 amide bonds. The fourth-order valence-corrected chi connectivity index (χ4v) is 1.57. The summed E-state index contributed by atoms with van der Waals surface area (Å²) in [6.45, 7) is 9.56. The minimum Gasteiger partial charge on any atom is -0.384 e. The Labute approximate surface area is 85.9 Å². The van der Waals surface area contributed by atoms with Crippen LogP contribution in [-0.4, -0.2) is 17.1 Å². The van der Waals surface area contributed by atoms with Crippen LogP contribution in [0.1, 0.15) is 27.7 Å². The van der Waals surface area contributed by atoms with Crippen molar-refractivity contribution in [2.75, 3.05) is 17.2 Å². The molecule has 3 nitrogen and oxygen atoms in total. The first-order chi connectivity index (χ1) is 6.45. The van der Waals surface area contributed by atoms with Crippen LogP contribution in [0.2, 0.25) is 0 Å². The Balaban J connectivity index is 3.01. The summed E-state index contributed by atoms with van der Waals surface area (Å²) in [7, 11) is 0. The lowest BCUT2D eigenvalue weighted by molar-refractivity contribution is 0.509. The lowest BCUT2D eigenvalue weighted by atomic mass is 10.1. The molecule has 0 aliphatic rings. The highest BCUT2D eigenvalue weighted by Gasteiger charge is 2.20. The van der Waals surface area contributed by atoms with Crippen molar-refractivity contribution in [1.29, 1.82) is 0 Å². The van der Waals surface area contributed by atoms with Crippen LogP contribution in [0.4, 0.5) is 11.6 Å². The van der Waals surface area contributed by atoms with Crippen LogP contribution < -0.4 is 10.6 Å². The average molecular weight is 193 g/mol. The van der Waals surface area contributed by atoms with Crippen molar-refractivity contribution in [2.45, 2.75) is 33.2 Å². The van der Waals surface area contributed by atoms with E-state index < -0.39 is 0 Å². The van der Waals surface area contributed by atoms with Gasteiger partial charge < -0.3 is 10.6 Å². The van der Waals surface area contributed by atoms with E-state index in [1.165, 1.54) is 0 Å². The topological polar surface area (TPSA) is 42.1 Å². The zero-order chi connectivity index (χ0) is 10.8. The second-order valence-corrected chi connectivity index (χ2v) is 4.34. The molecular formula is C11H19N3. The van der Waals surface area contributed by atoms with Gasteiger partial charge in [0.2, 0.25) is 0 Å². The molecule has 0 aromatic carbocycles. The van der Waals surface area contributed by atoms with Gasteiger partial charge in [-0.25, -0.2) is 4.98 Å². The van der Waals surface area contributed by atoms with E-state index in [0.29, 0.717) is 5.82 Å². The van der Waals surface area contributed by atoms with Crippen LogP contribution in [0.5, 0.6) is 0 Å². The second kappa shape index (κ2) is 3.86. The molecule has 1 heterocycles. The SMILES string of the molecule is CCN(c1cccc(N)n1)C(C)(C)C. The standard InChI is InChI=1S/C11H19N3/c1-5-14(11(2,3)4)10-8-6-7-9(12)13-10/h6-8H,5H2,1-4H3,(H2,12,13). The maximum absolute atomic E-state index is 5.66. The van der Waals surface area contributed by atoms with Gasteiger partial charge in [0.1, 0.15) is 11.6 Å². The third-order valence-electron chi connectivity index (χ3n) is 2.16. The van der Waals surface area contributed by atoms with Gasteiger partial charge in [-0.15, -0.1) is 0 Å². The van der Waals surface area contributed by atoms with Gasteiger partial charge in [0, 0.05) is 12.1 Å². The number of anilines is 2. The first kappa shape index (κ1) is 10.8. The molecule has 0 fully saturated rings. The Bertz CT molecular complexity index is 302. The van der Waals surface area contributed by atoms with Gasteiger partial charge in [0.05, 0.1) is 0 Å². The Kier molecular flexibility index (Phi) is 2.99. The van der Waals surface area contributed by atoms with E-state index in [1.807, 2.05) is 12.1 Å². The van der Waals surface area contributed by atoms with Crippen LogP contribution in [0, 0.1) is 0 Å². The quantitative estimate of drug-likeness (QED) is 0.783.